The van der Waals surface area contributed by atoms with Crippen molar-refractivity contribution in [2.45, 2.75) is 31.3 Å². The summed E-state index contributed by atoms with van der Waals surface area (Å²) >= 11 is 0. The minimum absolute atomic E-state index is 0.0658. The lowest BCUT2D eigenvalue weighted by Gasteiger charge is -2.34. The Bertz CT molecular complexity index is 458. The molecule has 0 radical (unpaired) electrons. The SMILES string of the molecule is NC1CCN(C2CCN(C(=O)c3ccnnc3)C2)CC1. The molecule has 2 aliphatic heterocycles. The normalized spacial score (nSPS) is 25.1. The van der Waals surface area contributed by atoms with Crippen LogP contribution in [0.25, 0.3) is 0 Å². The third-order valence-electron chi connectivity index (χ3n) is 4.37. The van der Waals surface area contributed by atoms with Gasteiger partial charge < -0.3 is 10.6 Å². The predicted octanol–water partition coefficient (Wildman–Crippen LogP) is 0.114. The summed E-state index contributed by atoms with van der Waals surface area (Å²) in [5.41, 5.74) is 6.57. The minimum atomic E-state index is 0.0658. The lowest BCUT2D eigenvalue weighted by atomic mass is 10.0. The molecule has 1 aromatic heterocycles. The number of nitrogens with zero attached hydrogens (tertiary/aromatic N) is 4. The number of piperidine rings is 1. The Kier molecular flexibility index (Phi) is 3.93. The number of aromatic nitrogens is 2. The Labute approximate surface area is 118 Å². The maximum absolute atomic E-state index is 12.3. The first-order chi connectivity index (χ1) is 9.74. The van der Waals surface area contributed by atoms with Gasteiger partial charge in [-0.1, -0.05) is 0 Å². The highest BCUT2D eigenvalue weighted by Crippen LogP contribution is 2.21. The fourth-order valence-electron chi connectivity index (χ4n) is 3.11. The van der Waals surface area contributed by atoms with Crippen LogP contribution in [-0.4, -0.2) is 64.2 Å². The Morgan fingerprint density at radius 3 is 2.70 bits per heavy atom. The summed E-state index contributed by atoms with van der Waals surface area (Å²) in [7, 11) is 0. The van der Waals surface area contributed by atoms with E-state index in [1.54, 1.807) is 12.3 Å². The Morgan fingerprint density at radius 1 is 1.20 bits per heavy atom. The average molecular weight is 275 g/mol. The third-order valence-corrected chi connectivity index (χ3v) is 4.37. The van der Waals surface area contributed by atoms with Gasteiger partial charge in [0, 0.05) is 25.2 Å². The van der Waals surface area contributed by atoms with Crippen LogP contribution in [0.3, 0.4) is 0 Å². The number of likely N-dealkylation sites (tertiary alicyclic amines) is 2. The molecule has 1 unspecified atom stereocenters. The van der Waals surface area contributed by atoms with Crippen LogP contribution in [0.15, 0.2) is 18.5 Å². The molecule has 0 spiro atoms. The summed E-state index contributed by atoms with van der Waals surface area (Å²) in [6.07, 6.45) is 6.29. The topological polar surface area (TPSA) is 75.3 Å². The Hall–Kier alpha value is -1.53. The van der Waals surface area contributed by atoms with Gasteiger partial charge in [0.1, 0.15) is 0 Å². The average Bonchev–Trinajstić information content (AvgIpc) is 2.98. The smallest absolute Gasteiger partial charge is 0.255 e. The Balaban J connectivity index is 1.58. The summed E-state index contributed by atoms with van der Waals surface area (Å²) in [4.78, 5) is 16.8. The highest BCUT2D eigenvalue weighted by atomic mass is 16.2. The van der Waals surface area contributed by atoms with Crippen LogP contribution in [0, 0.1) is 0 Å². The first-order valence-corrected chi connectivity index (χ1v) is 7.29. The van der Waals surface area contributed by atoms with Gasteiger partial charge in [0.15, 0.2) is 0 Å². The van der Waals surface area contributed by atoms with Crippen molar-refractivity contribution in [1.82, 2.24) is 20.0 Å². The van der Waals surface area contributed by atoms with E-state index >= 15 is 0 Å². The molecule has 20 heavy (non-hydrogen) atoms. The molecular weight excluding hydrogens is 254 g/mol. The fraction of sp³-hybridized carbons (Fsp3) is 0.643. The van der Waals surface area contributed by atoms with Crippen molar-refractivity contribution in [3.05, 3.63) is 24.0 Å². The standard InChI is InChI=1S/C14H21N5O/c15-12-2-6-18(7-3-12)13-4-8-19(10-13)14(20)11-1-5-16-17-9-11/h1,5,9,12-13H,2-4,6-8,10,15H2. The van der Waals surface area contributed by atoms with Gasteiger partial charge in [0.2, 0.25) is 0 Å². The molecule has 6 nitrogen and oxygen atoms in total. The number of carbonyl (C=O) groups excluding carboxylic acids is 1. The first kappa shape index (κ1) is 13.5. The molecule has 2 saturated heterocycles. The van der Waals surface area contributed by atoms with Crippen LogP contribution in [0.4, 0.5) is 0 Å². The minimum Gasteiger partial charge on any atom is -0.337 e. The summed E-state index contributed by atoms with van der Waals surface area (Å²) < 4.78 is 0. The van der Waals surface area contributed by atoms with Crippen molar-refractivity contribution in [3.8, 4) is 0 Å². The van der Waals surface area contributed by atoms with Crippen molar-refractivity contribution in [2.24, 2.45) is 5.73 Å². The largest absolute Gasteiger partial charge is 0.337 e. The van der Waals surface area contributed by atoms with E-state index in [-0.39, 0.29) is 5.91 Å². The molecule has 0 bridgehead atoms. The van der Waals surface area contributed by atoms with E-state index in [2.05, 4.69) is 15.1 Å². The van der Waals surface area contributed by atoms with Crippen LogP contribution in [0.1, 0.15) is 29.6 Å². The maximum atomic E-state index is 12.3. The van der Waals surface area contributed by atoms with Gasteiger partial charge in [-0.25, -0.2) is 0 Å². The molecule has 108 valence electrons. The molecule has 1 amide bonds. The number of nitrogens with two attached hydrogens (primary N) is 1. The third kappa shape index (κ3) is 2.81. The number of hydrogen-bond acceptors (Lipinski definition) is 5. The lowest BCUT2D eigenvalue weighted by molar-refractivity contribution is 0.0769. The van der Waals surface area contributed by atoms with Crippen LogP contribution in [0.2, 0.25) is 0 Å². The Morgan fingerprint density at radius 2 is 2.00 bits per heavy atom. The second-order valence-electron chi connectivity index (χ2n) is 5.70. The molecule has 1 aromatic rings. The molecule has 0 saturated carbocycles. The monoisotopic (exact) mass is 275 g/mol. The molecule has 3 heterocycles. The van der Waals surface area contributed by atoms with Crippen LogP contribution in [-0.2, 0) is 0 Å². The molecular formula is C14H21N5O. The number of hydrogen-bond donors (Lipinski definition) is 1. The van der Waals surface area contributed by atoms with E-state index in [1.807, 2.05) is 4.90 Å². The molecule has 0 aliphatic carbocycles. The van der Waals surface area contributed by atoms with Gasteiger partial charge in [-0.05, 0) is 38.4 Å². The zero-order valence-corrected chi connectivity index (χ0v) is 11.6. The van der Waals surface area contributed by atoms with Gasteiger partial charge >= 0.3 is 0 Å². The lowest BCUT2D eigenvalue weighted by Crippen LogP contribution is -2.46. The first-order valence-electron chi connectivity index (χ1n) is 7.29. The van der Waals surface area contributed by atoms with Gasteiger partial charge in [-0.2, -0.15) is 10.2 Å². The zero-order chi connectivity index (χ0) is 13.9. The summed E-state index contributed by atoms with van der Waals surface area (Å²) in [6, 6.07) is 2.57. The van der Waals surface area contributed by atoms with Crippen LogP contribution in [0.5, 0.6) is 0 Å². The summed E-state index contributed by atoms with van der Waals surface area (Å²) in [5, 5.41) is 7.48. The molecule has 1 atom stereocenters. The molecule has 6 heteroatoms. The van der Waals surface area contributed by atoms with Gasteiger partial charge in [0.05, 0.1) is 18.0 Å². The molecule has 0 aromatic carbocycles. The van der Waals surface area contributed by atoms with E-state index in [4.69, 9.17) is 5.73 Å². The molecule has 2 fully saturated rings. The summed E-state index contributed by atoms with van der Waals surface area (Å²) in [5.74, 6) is 0.0658. The van der Waals surface area contributed by atoms with E-state index in [1.165, 1.54) is 6.20 Å². The van der Waals surface area contributed by atoms with E-state index in [9.17, 15) is 4.79 Å². The fourth-order valence-corrected chi connectivity index (χ4v) is 3.11. The van der Waals surface area contributed by atoms with Crippen molar-refractivity contribution in [2.75, 3.05) is 26.2 Å². The summed E-state index contributed by atoms with van der Waals surface area (Å²) in [6.45, 7) is 3.76. The van der Waals surface area contributed by atoms with E-state index in [0.717, 1.165) is 45.4 Å². The molecule has 2 N–H and O–H groups in total. The van der Waals surface area contributed by atoms with Gasteiger partial charge in [-0.15, -0.1) is 0 Å². The van der Waals surface area contributed by atoms with E-state index < -0.39 is 0 Å². The second kappa shape index (κ2) is 5.85. The van der Waals surface area contributed by atoms with Crippen molar-refractivity contribution < 1.29 is 4.79 Å². The van der Waals surface area contributed by atoms with Gasteiger partial charge in [0.25, 0.3) is 5.91 Å². The quantitative estimate of drug-likeness (QED) is 0.829. The predicted molar refractivity (Wildman–Crippen MR) is 75.1 cm³/mol. The van der Waals surface area contributed by atoms with Crippen molar-refractivity contribution >= 4 is 5.91 Å². The van der Waals surface area contributed by atoms with Crippen molar-refractivity contribution in [3.63, 3.8) is 0 Å². The van der Waals surface area contributed by atoms with Crippen LogP contribution < -0.4 is 5.73 Å². The van der Waals surface area contributed by atoms with Gasteiger partial charge in [-0.3, -0.25) is 9.69 Å². The highest BCUT2D eigenvalue weighted by Gasteiger charge is 2.32. The maximum Gasteiger partial charge on any atom is 0.255 e. The second-order valence-corrected chi connectivity index (χ2v) is 5.70. The van der Waals surface area contributed by atoms with E-state index in [0.29, 0.717) is 17.6 Å². The van der Waals surface area contributed by atoms with Crippen molar-refractivity contribution in [1.29, 1.82) is 0 Å². The molecule has 3 rings (SSSR count). The highest BCUT2D eigenvalue weighted by molar-refractivity contribution is 5.94. The molecule has 2 aliphatic rings. The number of amides is 1. The number of carbonyl (C=O) groups is 1. The van der Waals surface area contributed by atoms with Crippen LogP contribution >= 0.6 is 0 Å². The number of rotatable bonds is 2. The zero-order valence-electron chi connectivity index (χ0n) is 11.6.